The molecule has 0 aliphatic heterocycles. The Morgan fingerprint density at radius 3 is 2.47 bits per heavy atom. The van der Waals surface area contributed by atoms with Gasteiger partial charge >= 0.3 is 0 Å². The molecule has 0 heterocycles. The molecule has 0 saturated carbocycles. The molecule has 0 aromatic heterocycles. The molecule has 0 atom stereocenters. The topological polar surface area (TPSA) is 46.2 Å². The van der Waals surface area contributed by atoms with Crippen LogP contribution in [0.2, 0.25) is 0 Å². The zero-order valence-electron chi connectivity index (χ0n) is 10.9. The number of hydrogen-bond acceptors (Lipinski definition) is 3. The average molecular weight is 255 g/mol. The molecule has 0 aliphatic carbocycles. The fourth-order valence-corrected chi connectivity index (χ4v) is 3.73. The van der Waals surface area contributed by atoms with Crippen molar-refractivity contribution in [2.45, 2.75) is 32.2 Å². The molecular formula is C13H21NO2S. The summed E-state index contributed by atoms with van der Waals surface area (Å²) in [7, 11) is -1.35. The summed E-state index contributed by atoms with van der Waals surface area (Å²) in [6, 6.07) is 5.51. The molecule has 1 N–H and O–H groups in total. The Kier molecular flexibility index (Phi) is 4.71. The van der Waals surface area contributed by atoms with Crippen LogP contribution in [-0.4, -0.2) is 21.2 Å². The Morgan fingerprint density at radius 1 is 1.29 bits per heavy atom. The molecule has 1 aromatic rings. The summed E-state index contributed by atoms with van der Waals surface area (Å²) in [4.78, 5) is 0.464. The predicted octanol–water partition coefficient (Wildman–Crippen LogP) is 2.14. The number of rotatable bonds is 5. The van der Waals surface area contributed by atoms with Crippen LogP contribution in [0.1, 0.15) is 25.0 Å². The van der Waals surface area contributed by atoms with Crippen LogP contribution in [0.4, 0.5) is 0 Å². The fourth-order valence-electron chi connectivity index (χ4n) is 1.87. The van der Waals surface area contributed by atoms with E-state index in [0.29, 0.717) is 11.4 Å². The van der Waals surface area contributed by atoms with Crippen LogP contribution in [0, 0.1) is 12.8 Å². The molecule has 0 bridgehead atoms. The minimum Gasteiger partial charge on any atom is -0.316 e. The normalized spacial score (nSPS) is 12.1. The molecule has 17 heavy (non-hydrogen) atoms. The van der Waals surface area contributed by atoms with Gasteiger partial charge < -0.3 is 5.32 Å². The number of benzene rings is 1. The van der Waals surface area contributed by atoms with Crippen molar-refractivity contribution in [2.75, 3.05) is 12.8 Å². The Hall–Kier alpha value is -0.870. The third kappa shape index (κ3) is 3.82. The third-order valence-electron chi connectivity index (χ3n) is 2.47. The summed E-state index contributed by atoms with van der Waals surface area (Å²) in [6.45, 7) is 6.39. The van der Waals surface area contributed by atoms with Crippen molar-refractivity contribution in [3.05, 3.63) is 29.3 Å². The van der Waals surface area contributed by atoms with Crippen molar-refractivity contribution in [1.29, 1.82) is 0 Å². The highest BCUT2D eigenvalue weighted by atomic mass is 32.2. The maximum absolute atomic E-state index is 12.2. The van der Waals surface area contributed by atoms with E-state index < -0.39 is 9.84 Å². The predicted molar refractivity (Wildman–Crippen MR) is 70.8 cm³/mol. The van der Waals surface area contributed by atoms with Gasteiger partial charge in [0.25, 0.3) is 0 Å². The van der Waals surface area contributed by atoms with Gasteiger partial charge in [-0.15, -0.1) is 0 Å². The SMILES string of the molecule is CNCc1cc(C)ccc1S(=O)(=O)CC(C)C. The van der Waals surface area contributed by atoms with Crippen LogP contribution in [0.25, 0.3) is 0 Å². The van der Waals surface area contributed by atoms with Gasteiger partial charge in [0.05, 0.1) is 10.6 Å². The average Bonchev–Trinajstić information content (AvgIpc) is 2.15. The second-order valence-electron chi connectivity index (χ2n) is 4.82. The van der Waals surface area contributed by atoms with Crippen LogP contribution in [0.5, 0.6) is 0 Å². The lowest BCUT2D eigenvalue weighted by atomic mass is 10.1. The van der Waals surface area contributed by atoms with Gasteiger partial charge in [0, 0.05) is 6.54 Å². The summed E-state index contributed by atoms with van der Waals surface area (Å²) in [5.74, 6) is 0.344. The molecule has 0 aliphatic rings. The van der Waals surface area contributed by atoms with E-state index in [1.165, 1.54) is 0 Å². The van der Waals surface area contributed by atoms with Crippen LogP contribution in [0.15, 0.2) is 23.1 Å². The molecule has 0 radical (unpaired) electrons. The van der Waals surface area contributed by atoms with Crippen LogP contribution in [-0.2, 0) is 16.4 Å². The van der Waals surface area contributed by atoms with E-state index in [4.69, 9.17) is 0 Å². The van der Waals surface area contributed by atoms with Crippen LogP contribution >= 0.6 is 0 Å². The molecule has 1 rings (SSSR count). The molecule has 1 aromatic carbocycles. The van der Waals surface area contributed by atoms with Gasteiger partial charge in [-0.25, -0.2) is 8.42 Å². The van der Waals surface area contributed by atoms with E-state index in [1.54, 1.807) is 6.07 Å². The summed E-state index contributed by atoms with van der Waals surface area (Å²) in [5.41, 5.74) is 1.94. The molecular weight excluding hydrogens is 234 g/mol. The molecule has 3 nitrogen and oxygen atoms in total. The summed E-state index contributed by atoms with van der Waals surface area (Å²) in [6.07, 6.45) is 0. The lowest BCUT2D eigenvalue weighted by molar-refractivity contribution is 0.580. The first-order valence-corrected chi connectivity index (χ1v) is 7.49. The van der Waals surface area contributed by atoms with E-state index in [0.717, 1.165) is 11.1 Å². The number of sulfone groups is 1. The number of aryl methyl sites for hydroxylation is 1. The van der Waals surface area contributed by atoms with Crippen LogP contribution in [0.3, 0.4) is 0 Å². The van der Waals surface area contributed by atoms with Crippen molar-refractivity contribution in [3.8, 4) is 0 Å². The highest BCUT2D eigenvalue weighted by molar-refractivity contribution is 7.91. The molecule has 0 saturated heterocycles. The molecule has 0 fully saturated rings. The first kappa shape index (κ1) is 14.2. The quantitative estimate of drug-likeness (QED) is 0.877. The van der Waals surface area contributed by atoms with Gasteiger partial charge in [0.15, 0.2) is 9.84 Å². The highest BCUT2D eigenvalue weighted by Crippen LogP contribution is 2.20. The van der Waals surface area contributed by atoms with Gasteiger partial charge in [-0.1, -0.05) is 31.5 Å². The number of hydrogen-bond donors (Lipinski definition) is 1. The van der Waals surface area contributed by atoms with E-state index in [9.17, 15) is 8.42 Å². The van der Waals surface area contributed by atoms with E-state index in [2.05, 4.69) is 5.32 Å². The molecule has 0 unspecified atom stereocenters. The summed E-state index contributed by atoms with van der Waals surface area (Å²) >= 11 is 0. The van der Waals surface area contributed by atoms with Crippen LogP contribution < -0.4 is 5.32 Å². The molecule has 4 heteroatoms. The lowest BCUT2D eigenvalue weighted by Crippen LogP contribution is -2.16. The standard InChI is InChI=1S/C13H21NO2S/c1-10(2)9-17(15,16)13-6-5-11(3)7-12(13)8-14-4/h5-7,10,14H,8-9H2,1-4H3. The molecule has 0 amide bonds. The number of nitrogens with one attached hydrogen (secondary N) is 1. The van der Waals surface area contributed by atoms with E-state index >= 15 is 0 Å². The smallest absolute Gasteiger partial charge is 0.178 e. The first-order valence-electron chi connectivity index (χ1n) is 5.83. The van der Waals surface area contributed by atoms with Crippen molar-refractivity contribution >= 4 is 9.84 Å². The zero-order valence-corrected chi connectivity index (χ0v) is 11.8. The van der Waals surface area contributed by atoms with Crippen molar-refractivity contribution < 1.29 is 8.42 Å². The Morgan fingerprint density at radius 2 is 1.94 bits per heavy atom. The van der Waals surface area contributed by atoms with E-state index in [-0.39, 0.29) is 11.7 Å². The van der Waals surface area contributed by atoms with Crippen molar-refractivity contribution in [2.24, 2.45) is 5.92 Å². The Balaban J connectivity index is 3.20. The largest absolute Gasteiger partial charge is 0.316 e. The zero-order chi connectivity index (χ0) is 13.1. The Labute approximate surface area is 104 Å². The first-order chi connectivity index (χ1) is 7.86. The summed E-state index contributed by atoms with van der Waals surface area (Å²) in [5, 5.41) is 3.01. The fraction of sp³-hybridized carbons (Fsp3) is 0.538. The van der Waals surface area contributed by atoms with Gasteiger partial charge in [-0.2, -0.15) is 0 Å². The lowest BCUT2D eigenvalue weighted by Gasteiger charge is -2.12. The third-order valence-corrected chi connectivity index (χ3v) is 4.64. The van der Waals surface area contributed by atoms with E-state index in [1.807, 2.05) is 40.0 Å². The van der Waals surface area contributed by atoms with Gasteiger partial charge in [0.2, 0.25) is 0 Å². The monoisotopic (exact) mass is 255 g/mol. The van der Waals surface area contributed by atoms with Crippen molar-refractivity contribution in [1.82, 2.24) is 5.32 Å². The van der Waals surface area contributed by atoms with Gasteiger partial charge in [0.1, 0.15) is 0 Å². The summed E-state index contributed by atoms with van der Waals surface area (Å²) < 4.78 is 24.4. The van der Waals surface area contributed by atoms with Gasteiger partial charge in [-0.3, -0.25) is 0 Å². The maximum Gasteiger partial charge on any atom is 0.178 e. The van der Waals surface area contributed by atoms with Gasteiger partial charge in [-0.05, 0) is 31.5 Å². The molecule has 96 valence electrons. The van der Waals surface area contributed by atoms with Crippen molar-refractivity contribution in [3.63, 3.8) is 0 Å². The minimum absolute atomic E-state index is 0.142. The second-order valence-corrected chi connectivity index (χ2v) is 6.82. The highest BCUT2D eigenvalue weighted by Gasteiger charge is 2.19. The maximum atomic E-state index is 12.2. The Bertz CT molecular complexity index is 478. The molecule has 0 spiro atoms. The second kappa shape index (κ2) is 5.65. The minimum atomic E-state index is -3.17.